The van der Waals surface area contributed by atoms with Gasteiger partial charge in [0.15, 0.2) is 0 Å². The van der Waals surface area contributed by atoms with Crippen molar-refractivity contribution in [3.63, 3.8) is 0 Å². The second-order valence-corrected chi connectivity index (χ2v) is 6.45. The molecule has 1 amide bonds. The lowest BCUT2D eigenvalue weighted by Gasteiger charge is -2.20. The Morgan fingerprint density at radius 3 is 2.54 bits per heavy atom. The monoisotopic (exact) mass is 377 g/mol. The van der Waals surface area contributed by atoms with Crippen LogP contribution in [0.4, 0.5) is 0 Å². The third-order valence-corrected chi connectivity index (χ3v) is 4.38. The summed E-state index contributed by atoms with van der Waals surface area (Å²) in [5.41, 5.74) is 0.797. The first-order valence-corrected chi connectivity index (χ1v) is 8.54. The third-order valence-electron chi connectivity index (χ3n) is 4.12. The lowest BCUT2D eigenvalue weighted by molar-refractivity contribution is -0.143. The molecule has 0 saturated carbocycles. The third kappa shape index (κ3) is 4.92. The second-order valence-electron chi connectivity index (χ2n) is 6.01. The Hall–Kier alpha value is -2.67. The maximum absolute atomic E-state index is 12.2. The summed E-state index contributed by atoms with van der Waals surface area (Å²) < 4.78 is 1.20. The van der Waals surface area contributed by atoms with Crippen LogP contribution >= 0.6 is 11.6 Å². The highest BCUT2D eigenvalue weighted by molar-refractivity contribution is 6.30. The molecule has 2 atom stereocenters. The van der Waals surface area contributed by atoms with Crippen LogP contribution in [0.15, 0.2) is 41.5 Å². The normalized spacial score (nSPS) is 13.0. The van der Waals surface area contributed by atoms with Crippen LogP contribution in [0.5, 0.6) is 0 Å². The summed E-state index contributed by atoms with van der Waals surface area (Å²) in [6.07, 6.45) is 3.19. The van der Waals surface area contributed by atoms with Crippen LogP contribution in [0.1, 0.15) is 20.3 Å². The minimum absolute atomic E-state index is 0.227. The molecule has 0 bridgehead atoms. The topological polar surface area (TPSA) is 101 Å². The molecular formula is C18H20ClN3O4. The van der Waals surface area contributed by atoms with Crippen LogP contribution in [0.2, 0.25) is 5.02 Å². The van der Waals surface area contributed by atoms with Crippen molar-refractivity contribution in [1.82, 2.24) is 14.9 Å². The number of aliphatic carboxylic acids is 1. The fourth-order valence-electron chi connectivity index (χ4n) is 2.39. The fourth-order valence-corrected chi connectivity index (χ4v) is 2.52. The van der Waals surface area contributed by atoms with Crippen LogP contribution in [0.25, 0.3) is 11.3 Å². The van der Waals surface area contributed by atoms with Gasteiger partial charge >= 0.3 is 5.97 Å². The number of carboxylic acid groups (broad SMARTS) is 1. The quantitative estimate of drug-likeness (QED) is 0.770. The predicted molar refractivity (Wildman–Crippen MR) is 98.0 cm³/mol. The van der Waals surface area contributed by atoms with E-state index in [4.69, 9.17) is 11.6 Å². The number of halogens is 1. The van der Waals surface area contributed by atoms with Gasteiger partial charge in [-0.05, 0) is 18.1 Å². The van der Waals surface area contributed by atoms with Crippen molar-refractivity contribution in [1.29, 1.82) is 0 Å². The van der Waals surface area contributed by atoms with E-state index < -0.39 is 23.5 Å². The molecule has 2 N–H and O–H groups in total. The molecule has 0 aliphatic rings. The van der Waals surface area contributed by atoms with Crippen molar-refractivity contribution in [2.24, 2.45) is 5.92 Å². The summed E-state index contributed by atoms with van der Waals surface area (Å²) in [7, 11) is 0. The molecule has 1 heterocycles. The first kappa shape index (κ1) is 19.7. The lowest BCUT2D eigenvalue weighted by Crippen LogP contribution is -2.46. The predicted octanol–water partition coefficient (Wildman–Crippen LogP) is 2.18. The van der Waals surface area contributed by atoms with E-state index in [1.807, 2.05) is 6.92 Å². The number of rotatable bonds is 7. The summed E-state index contributed by atoms with van der Waals surface area (Å²) in [4.78, 5) is 39.6. The van der Waals surface area contributed by atoms with E-state index in [0.29, 0.717) is 17.1 Å². The van der Waals surface area contributed by atoms with Gasteiger partial charge in [-0.25, -0.2) is 9.78 Å². The Bertz CT molecular complexity index is 848. The van der Waals surface area contributed by atoms with Gasteiger partial charge in [0.1, 0.15) is 12.6 Å². The number of nitrogens with zero attached hydrogens (tertiary/aromatic N) is 2. The smallest absolute Gasteiger partial charge is 0.326 e. The molecule has 138 valence electrons. The second kappa shape index (κ2) is 8.62. The zero-order valence-electron chi connectivity index (χ0n) is 14.5. The number of nitrogens with one attached hydrogen (secondary N) is 1. The summed E-state index contributed by atoms with van der Waals surface area (Å²) in [6.45, 7) is 3.30. The molecule has 1 aromatic carbocycles. The molecule has 0 radical (unpaired) electrons. The first-order chi connectivity index (χ1) is 12.3. The van der Waals surface area contributed by atoms with Crippen molar-refractivity contribution < 1.29 is 14.7 Å². The number of aromatic nitrogens is 2. The van der Waals surface area contributed by atoms with E-state index in [1.165, 1.54) is 10.8 Å². The Morgan fingerprint density at radius 2 is 1.96 bits per heavy atom. The summed E-state index contributed by atoms with van der Waals surface area (Å²) in [5, 5.41) is 12.3. The van der Waals surface area contributed by atoms with Crippen LogP contribution < -0.4 is 10.9 Å². The van der Waals surface area contributed by atoms with E-state index >= 15 is 0 Å². The SMILES string of the molecule is CC[C@H](C)[C@H](NC(=O)Cn1cc(-c2ccc(Cl)cc2)ncc1=O)C(=O)O. The van der Waals surface area contributed by atoms with Gasteiger partial charge in [-0.1, -0.05) is 44.0 Å². The molecule has 0 saturated heterocycles. The molecule has 0 unspecified atom stereocenters. The van der Waals surface area contributed by atoms with Crippen molar-refractivity contribution >= 4 is 23.5 Å². The van der Waals surface area contributed by atoms with Gasteiger partial charge in [-0.15, -0.1) is 0 Å². The minimum atomic E-state index is -1.10. The largest absolute Gasteiger partial charge is 0.480 e. The summed E-state index contributed by atoms with van der Waals surface area (Å²) >= 11 is 5.86. The molecule has 0 aliphatic heterocycles. The Labute approximate surface area is 155 Å². The van der Waals surface area contributed by atoms with Crippen LogP contribution in [0.3, 0.4) is 0 Å². The van der Waals surface area contributed by atoms with E-state index in [1.54, 1.807) is 31.2 Å². The number of amides is 1. The van der Waals surface area contributed by atoms with Crippen LogP contribution in [0, 0.1) is 5.92 Å². The van der Waals surface area contributed by atoms with Crippen molar-refractivity contribution in [2.75, 3.05) is 0 Å². The minimum Gasteiger partial charge on any atom is -0.480 e. The zero-order chi connectivity index (χ0) is 19.3. The Morgan fingerprint density at radius 1 is 1.31 bits per heavy atom. The van der Waals surface area contributed by atoms with Gasteiger partial charge in [-0.2, -0.15) is 0 Å². The number of hydrogen-bond donors (Lipinski definition) is 2. The van der Waals surface area contributed by atoms with Gasteiger partial charge < -0.3 is 15.0 Å². The fraction of sp³-hybridized carbons (Fsp3) is 0.333. The van der Waals surface area contributed by atoms with Gasteiger partial charge in [-0.3, -0.25) is 9.59 Å². The van der Waals surface area contributed by atoms with Crippen molar-refractivity contribution in [2.45, 2.75) is 32.9 Å². The van der Waals surface area contributed by atoms with Crippen LogP contribution in [-0.2, 0) is 16.1 Å². The zero-order valence-corrected chi connectivity index (χ0v) is 15.2. The summed E-state index contributed by atoms with van der Waals surface area (Å²) in [6, 6.07) is 5.90. The van der Waals surface area contributed by atoms with E-state index in [0.717, 1.165) is 11.8 Å². The highest BCUT2D eigenvalue weighted by Gasteiger charge is 2.25. The van der Waals surface area contributed by atoms with Gasteiger partial charge in [0.25, 0.3) is 5.56 Å². The molecular weight excluding hydrogens is 358 g/mol. The number of carbonyl (C=O) groups excluding carboxylic acids is 1. The molecule has 1 aromatic heterocycles. The maximum atomic E-state index is 12.2. The number of carboxylic acids is 1. The molecule has 8 heteroatoms. The van der Waals surface area contributed by atoms with Crippen molar-refractivity contribution in [3.8, 4) is 11.3 Å². The van der Waals surface area contributed by atoms with E-state index in [-0.39, 0.29) is 12.5 Å². The Balaban J connectivity index is 2.19. The Kier molecular flexibility index (Phi) is 6.52. The molecule has 7 nitrogen and oxygen atoms in total. The van der Waals surface area contributed by atoms with E-state index in [9.17, 15) is 19.5 Å². The average molecular weight is 378 g/mol. The van der Waals surface area contributed by atoms with Crippen LogP contribution in [-0.4, -0.2) is 32.6 Å². The number of benzene rings is 1. The molecule has 26 heavy (non-hydrogen) atoms. The summed E-state index contributed by atoms with van der Waals surface area (Å²) in [5.74, 6) is -1.88. The highest BCUT2D eigenvalue weighted by atomic mass is 35.5. The highest BCUT2D eigenvalue weighted by Crippen LogP contribution is 2.18. The van der Waals surface area contributed by atoms with E-state index in [2.05, 4.69) is 10.3 Å². The van der Waals surface area contributed by atoms with Crippen molar-refractivity contribution in [3.05, 3.63) is 52.0 Å². The molecule has 2 rings (SSSR count). The number of hydrogen-bond acceptors (Lipinski definition) is 4. The molecule has 0 spiro atoms. The average Bonchev–Trinajstić information content (AvgIpc) is 2.61. The molecule has 2 aromatic rings. The molecule has 0 fully saturated rings. The first-order valence-electron chi connectivity index (χ1n) is 8.16. The lowest BCUT2D eigenvalue weighted by atomic mass is 9.99. The van der Waals surface area contributed by atoms with Gasteiger partial charge in [0.2, 0.25) is 5.91 Å². The standard InChI is InChI=1S/C18H20ClN3O4/c1-3-11(2)17(18(25)26)21-15(23)10-22-9-14(20-8-16(22)24)12-4-6-13(19)7-5-12/h4-9,11,17H,3,10H2,1-2H3,(H,21,23)(H,25,26)/t11-,17-/m0/s1. The molecule has 0 aliphatic carbocycles. The van der Waals surface area contributed by atoms with Gasteiger partial charge in [0.05, 0.1) is 11.9 Å². The number of carbonyl (C=O) groups is 2. The maximum Gasteiger partial charge on any atom is 0.326 e. The van der Waals surface area contributed by atoms with Gasteiger partial charge in [0, 0.05) is 16.8 Å².